The summed E-state index contributed by atoms with van der Waals surface area (Å²) in [5.74, 6) is -0.284. The van der Waals surface area contributed by atoms with E-state index >= 15 is 0 Å². The summed E-state index contributed by atoms with van der Waals surface area (Å²) >= 11 is 5.77. The molecule has 0 radical (unpaired) electrons. The maximum absolute atomic E-state index is 10.8. The second-order valence-electron chi connectivity index (χ2n) is 3.03. The fraction of sp³-hybridized carbons (Fsp3) is 0.125. The second-order valence-corrected chi connectivity index (χ2v) is 6.24. The van der Waals surface area contributed by atoms with Gasteiger partial charge in [-0.2, -0.15) is 0 Å². The monoisotopic (exact) mass is 264 g/mol. The summed E-state index contributed by atoms with van der Waals surface area (Å²) < 4.78 is 23.3. The van der Waals surface area contributed by atoms with Gasteiger partial charge < -0.3 is 4.40 Å². The average Bonchev–Trinajstić information content (AvgIpc) is 2.42. The minimum atomic E-state index is -3.57. The standard InChI is InChI=1S/C8H6Cl2N2O2S/c9-6-1-2-8-11-7(4-12(8)3-6)5-15(10,13)14/h1-4H,5H2. The Hall–Kier alpha value is -0.780. The summed E-state index contributed by atoms with van der Waals surface area (Å²) in [6.45, 7) is 0. The quantitative estimate of drug-likeness (QED) is 0.781. The first-order valence-corrected chi connectivity index (χ1v) is 6.85. The van der Waals surface area contributed by atoms with Crippen molar-refractivity contribution in [1.82, 2.24) is 9.38 Å². The van der Waals surface area contributed by atoms with Crippen LogP contribution in [0.15, 0.2) is 24.5 Å². The first-order valence-electron chi connectivity index (χ1n) is 3.99. The topological polar surface area (TPSA) is 51.4 Å². The molecule has 0 unspecified atom stereocenters. The third kappa shape index (κ3) is 2.62. The zero-order valence-electron chi connectivity index (χ0n) is 7.39. The molecule has 0 aliphatic heterocycles. The van der Waals surface area contributed by atoms with Gasteiger partial charge in [0.2, 0.25) is 9.05 Å². The summed E-state index contributed by atoms with van der Waals surface area (Å²) in [6.07, 6.45) is 3.23. The highest BCUT2D eigenvalue weighted by Crippen LogP contribution is 2.14. The molecule has 2 heterocycles. The molecule has 0 atom stereocenters. The van der Waals surface area contributed by atoms with Crippen LogP contribution in [0.25, 0.3) is 5.65 Å². The molecule has 0 saturated heterocycles. The number of halogens is 2. The molecule has 0 aliphatic rings. The van der Waals surface area contributed by atoms with E-state index in [0.717, 1.165) is 0 Å². The van der Waals surface area contributed by atoms with E-state index in [2.05, 4.69) is 4.98 Å². The van der Waals surface area contributed by atoms with Crippen LogP contribution in [0.2, 0.25) is 5.02 Å². The minimum Gasteiger partial charge on any atom is -0.305 e. The van der Waals surface area contributed by atoms with Crippen molar-refractivity contribution in [3.05, 3.63) is 35.2 Å². The summed E-state index contributed by atoms with van der Waals surface area (Å²) in [5, 5.41) is 0.556. The third-order valence-electron chi connectivity index (χ3n) is 1.79. The normalized spacial score (nSPS) is 12.1. The number of hydrogen-bond donors (Lipinski definition) is 0. The molecule has 0 spiro atoms. The van der Waals surface area contributed by atoms with Crippen LogP contribution in [0.1, 0.15) is 5.69 Å². The minimum absolute atomic E-state index is 0.284. The van der Waals surface area contributed by atoms with Gasteiger partial charge in [0.15, 0.2) is 0 Å². The lowest BCUT2D eigenvalue weighted by Gasteiger charge is -1.91. The predicted octanol–water partition coefficient (Wildman–Crippen LogP) is 2.06. The lowest BCUT2D eigenvalue weighted by atomic mass is 10.5. The molecule has 2 rings (SSSR count). The van der Waals surface area contributed by atoms with Gasteiger partial charge in [-0.15, -0.1) is 0 Å². The van der Waals surface area contributed by atoms with Crippen molar-refractivity contribution in [2.75, 3.05) is 0 Å². The molecule has 2 aromatic rings. The number of imidazole rings is 1. The maximum atomic E-state index is 10.8. The molecule has 15 heavy (non-hydrogen) atoms. The van der Waals surface area contributed by atoms with Crippen molar-refractivity contribution >= 4 is 37.0 Å². The Morgan fingerprint density at radius 1 is 1.33 bits per heavy atom. The van der Waals surface area contributed by atoms with E-state index in [0.29, 0.717) is 16.4 Å². The Labute approximate surface area is 95.9 Å². The van der Waals surface area contributed by atoms with E-state index in [-0.39, 0.29) is 5.75 Å². The highest BCUT2D eigenvalue weighted by Gasteiger charge is 2.10. The van der Waals surface area contributed by atoms with Gasteiger partial charge in [0.1, 0.15) is 11.4 Å². The van der Waals surface area contributed by atoms with Gasteiger partial charge in [0.25, 0.3) is 0 Å². The van der Waals surface area contributed by atoms with E-state index in [1.54, 1.807) is 28.9 Å². The molecule has 80 valence electrons. The van der Waals surface area contributed by atoms with Crippen molar-refractivity contribution in [3.8, 4) is 0 Å². The molecule has 0 aromatic carbocycles. The van der Waals surface area contributed by atoms with Gasteiger partial charge in [0.05, 0.1) is 10.7 Å². The third-order valence-corrected chi connectivity index (χ3v) is 2.98. The van der Waals surface area contributed by atoms with Gasteiger partial charge in [-0.25, -0.2) is 13.4 Å². The van der Waals surface area contributed by atoms with Crippen LogP contribution in [0.5, 0.6) is 0 Å². The largest absolute Gasteiger partial charge is 0.305 e. The van der Waals surface area contributed by atoms with E-state index in [4.69, 9.17) is 22.3 Å². The van der Waals surface area contributed by atoms with E-state index < -0.39 is 9.05 Å². The molecular formula is C8H6Cl2N2O2S. The van der Waals surface area contributed by atoms with Crippen molar-refractivity contribution in [3.63, 3.8) is 0 Å². The van der Waals surface area contributed by atoms with Gasteiger partial charge in [-0.3, -0.25) is 0 Å². The Morgan fingerprint density at radius 3 is 2.73 bits per heavy atom. The highest BCUT2D eigenvalue weighted by molar-refractivity contribution is 8.13. The SMILES string of the molecule is O=S(=O)(Cl)Cc1cn2cc(Cl)ccc2n1. The highest BCUT2D eigenvalue weighted by atomic mass is 35.7. The summed E-state index contributed by atoms with van der Waals surface area (Å²) in [7, 11) is 1.55. The van der Waals surface area contributed by atoms with Crippen LogP contribution in [0.4, 0.5) is 0 Å². The molecule has 0 amide bonds. The van der Waals surface area contributed by atoms with E-state index in [9.17, 15) is 8.42 Å². The smallest absolute Gasteiger partial charge is 0.238 e. The number of rotatable bonds is 2. The fourth-order valence-electron chi connectivity index (χ4n) is 1.26. The fourth-order valence-corrected chi connectivity index (χ4v) is 2.26. The second kappa shape index (κ2) is 3.66. The Bertz CT molecular complexity index is 606. The molecule has 4 nitrogen and oxygen atoms in total. The first-order chi connectivity index (χ1) is 6.94. The van der Waals surface area contributed by atoms with Crippen molar-refractivity contribution in [2.24, 2.45) is 0 Å². The number of aromatic nitrogens is 2. The Kier molecular flexibility index (Phi) is 2.62. The lowest BCUT2D eigenvalue weighted by Crippen LogP contribution is -1.94. The van der Waals surface area contributed by atoms with Gasteiger partial charge in [0, 0.05) is 23.1 Å². The zero-order chi connectivity index (χ0) is 11.1. The number of fused-ring (bicyclic) bond motifs is 1. The number of nitrogens with zero attached hydrogens (tertiary/aromatic N) is 2. The molecule has 2 aromatic heterocycles. The van der Waals surface area contributed by atoms with Gasteiger partial charge >= 0.3 is 0 Å². The molecule has 0 bridgehead atoms. The van der Waals surface area contributed by atoms with Gasteiger partial charge in [-0.05, 0) is 12.1 Å². The van der Waals surface area contributed by atoms with Crippen LogP contribution in [0.3, 0.4) is 0 Å². The zero-order valence-corrected chi connectivity index (χ0v) is 9.72. The molecule has 0 fully saturated rings. The van der Waals surface area contributed by atoms with Crippen molar-refractivity contribution < 1.29 is 8.42 Å². The van der Waals surface area contributed by atoms with Crippen LogP contribution in [0, 0.1) is 0 Å². The summed E-state index contributed by atoms with van der Waals surface area (Å²) in [6, 6.07) is 3.38. The molecule has 0 N–H and O–H groups in total. The van der Waals surface area contributed by atoms with Crippen molar-refractivity contribution in [1.29, 1.82) is 0 Å². The molecular weight excluding hydrogens is 259 g/mol. The molecule has 0 saturated carbocycles. The number of pyridine rings is 1. The van der Waals surface area contributed by atoms with Crippen molar-refractivity contribution in [2.45, 2.75) is 5.75 Å². The summed E-state index contributed by atoms with van der Waals surface area (Å²) in [4.78, 5) is 4.08. The Balaban J connectivity index is 2.48. The first kappa shape index (κ1) is 10.7. The number of hydrogen-bond acceptors (Lipinski definition) is 3. The van der Waals surface area contributed by atoms with Crippen LogP contribution in [-0.2, 0) is 14.8 Å². The lowest BCUT2D eigenvalue weighted by molar-refractivity contribution is 0.608. The van der Waals surface area contributed by atoms with Crippen LogP contribution in [-0.4, -0.2) is 17.8 Å². The van der Waals surface area contributed by atoms with Gasteiger partial charge in [-0.1, -0.05) is 11.6 Å². The average molecular weight is 265 g/mol. The van der Waals surface area contributed by atoms with Crippen LogP contribution < -0.4 is 0 Å². The van der Waals surface area contributed by atoms with E-state index in [1.165, 1.54) is 0 Å². The Morgan fingerprint density at radius 2 is 2.07 bits per heavy atom. The maximum Gasteiger partial charge on any atom is 0.238 e. The predicted molar refractivity (Wildman–Crippen MR) is 58.7 cm³/mol. The van der Waals surface area contributed by atoms with E-state index in [1.807, 2.05) is 0 Å². The molecule has 7 heteroatoms. The molecule has 0 aliphatic carbocycles. The summed E-state index contributed by atoms with van der Waals surface area (Å²) in [5.41, 5.74) is 1.03. The van der Waals surface area contributed by atoms with Crippen LogP contribution >= 0.6 is 22.3 Å².